The summed E-state index contributed by atoms with van der Waals surface area (Å²) in [5, 5.41) is 9.35. The summed E-state index contributed by atoms with van der Waals surface area (Å²) in [6.07, 6.45) is 0.481. The molecular formula is C14H20O3. The van der Waals surface area contributed by atoms with Gasteiger partial charge in [0.25, 0.3) is 0 Å². The zero-order chi connectivity index (χ0) is 12.8. The number of esters is 1. The van der Waals surface area contributed by atoms with Crippen molar-refractivity contribution in [2.75, 3.05) is 6.61 Å². The highest BCUT2D eigenvalue weighted by molar-refractivity contribution is 5.89. The van der Waals surface area contributed by atoms with Gasteiger partial charge in [-0.3, -0.25) is 0 Å². The van der Waals surface area contributed by atoms with Gasteiger partial charge in [-0.05, 0) is 30.5 Å². The van der Waals surface area contributed by atoms with Crippen LogP contribution in [-0.2, 0) is 4.74 Å². The van der Waals surface area contributed by atoms with E-state index in [1.807, 2.05) is 6.92 Å². The van der Waals surface area contributed by atoms with Crippen LogP contribution in [0.25, 0.3) is 0 Å². The maximum atomic E-state index is 11.7. The predicted molar refractivity (Wildman–Crippen MR) is 66.8 cm³/mol. The molecule has 3 nitrogen and oxygen atoms in total. The first-order valence-corrected chi connectivity index (χ1v) is 5.99. The van der Waals surface area contributed by atoms with Crippen molar-refractivity contribution in [3.05, 3.63) is 35.4 Å². The zero-order valence-electron chi connectivity index (χ0n) is 10.6. The van der Waals surface area contributed by atoms with Crippen LogP contribution in [0.3, 0.4) is 0 Å². The van der Waals surface area contributed by atoms with Crippen molar-refractivity contribution >= 4 is 5.97 Å². The van der Waals surface area contributed by atoms with Gasteiger partial charge in [-0.1, -0.05) is 32.4 Å². The number of hydrogen-bond donors (Lipinski definition) is 1. The number of carbonyl (C=O) groups is 1. The monoisotopic (exact) mass is 236 g/mol. The van der Waals surface area contributed by atoms with E-state index < -0.39 is 6.10 Å². The molecule has 2 atom stereocenters. The van der Waals surface area contributed by atoms with Gasteiger partial charge in [0.05, 0.1) is 18.3 Å². The van der Waals surface area contributed by atoms with Crippen LogP contribution in [0.1, 0.15) is 49.2 Å². The standard InChI is InChI=1S/C14H20O3/c1-4-10(2)9-17-14(16)13-7-5-12(6-8-13)11(3)15/h5-8,10-11,15H,4,9H2,1-3H3/t10-,11-/m0/s1. The molecule has 1 aromatic carbocycles. The number of aliphatic hydroxyl groups excluding tert-OH is 1. The molecule has 1 aromatic rings. The third kappa shape index (κ3) is 4.19. The van der Waals surface area contributed by atoms with Gasteiger partial charge in [-0.2, -0.15) is 0 Å². The van der Waals surface area contributed by atoms with Gasteiger partial charge in [-0.25, -0.2) is 4.79 Å². The Kier molecular flexibility index (Phi) is 5.16. The molecule has 17 heavy (non-hydrogen) atoms. The van der Waals surface area contributed by atoms with E-state index in [1.54, 1.807) is 31.2 Å². The molecule has 0 fully saturated rings. The maximum absolute atomic E-state index is 11.7. The number of benzene rings is 1. The second-order valence-corrected chi connectivity index (χ2v) is 4.41. The summed E-state index contributed by atoms with van der Waals surface area (Å²) >= 11 is 0. The smallest absolute Gasteiger partial charge is 0.338 e. The molecule has 0 radical (unpaired) electrons. The van der Waals surface area contributed by atoms with E-state index in [-0.39, 0.29) is 5.97 Å². The lowest BCUT2D eigenvalue weighted by molar-refractivity contribution is 0.0447. The SMILES string of the molecule is CC[C@H](C)COC(=O)c1ccc([C@H](C)O)cc1. The Morgan fingerprint density at radius 1 is 1.29 bits per heavy atom. The first kappa shape index (κ1) is 13.7. The lowest BCUT2D eigenvalue weighted by atomic mass is 10.1. The topological polar surface area (TPSA) is 46.5 Å². The largest absolute Gasteiger partial charge is 0.462 e. The highest BCUT2D eigenvalue weighted by atomic mass is 16.5. The Morgan fingerprint density at radius 2 is 1.88 bits per heavy atom. The fourth-order valence-corrected chi connectivity index (χ4v) is 1.32. The zero-order valence-corrected chi connectivity index (χ0v) is 10.6. The molecule has 0 aromatic heterocycles. The molecule has 0 saturated carbocycles. The Bertz CT molecular complexity index is 354. The van der Waals surface area contributed by atoms with Gasteiger partial charge in [0, 0.05) is 0 Å². The van der Waals surface area contributed by atoms with Gasteiger partial charge < -0.3 is 9.84 Å². The molecule has 0 amide bonds. The Hall–Kier alpha value is -1.35. The third-order valence-electron chi connectivity index (χ3n) is 2.82. The van der Waals surface area contributed by atoms with E-state index in [0.29, 0.717) is 18.1 Å². The molecule has 0 unspecified atom stereocenters. The van der Waals surface area contributed by atoms with E-state index in [2.05, 4.69) is 6.92 Å². The summed E-state index contributed by atoms with van der Waals surface area (Å²) in [6.45, 7) is 6.25. The van der Waals surface area contributed by atoms with Crippen LogP contribution in [-0.4, -0.2) is 17.7 Å². The fraction of sp³-hybridized carbons (Fsp3) is 0.500. The van der Waals surface area contributed by atoms with Crippen LogP contribution >= 0.6 is 0 Å². The summed E-state index contributed by atoms with van der Waals surface area (Å²) in [7, 11) is 0. The van der Waals surface area contributed by atoms with Gasteiger partial charge in [-0.15, -0.1) is 0 Å². The summed E-state index contributed by atoms with van der Waals surface area (Å²) in [5.41, 5.74) is 1.32. The molecular weight excluding hydrogens is 216 g/mol. The summed E-state index contributed by atoms with van der Waals surface area (Å²) < 4.78 is 5.18. The third-order valence-corrected chi connectivity index (χ3v) is 2.82. The lowest BCUT2D eigenvalue weighted by Crippen LogP contribution is -2.11. The van der Waals surface area contributed by atoms with Crippen LogP contribution in [0.5, 0.6) is 0 Å². The molecule has 0 saturated heterocycles. The Balaban J connectivity index is 2.58. The molecule has 0 aliphatic rings. The summed E-state index contributed by atoms with van der Waals surface area (Å²) in [6, 6.07) is 6.84. The average Bonchev–Trinajstić information content (AvgIpc) is 2.35. The van der Waals surface area contributed by atoms with Crippen molar-refractivity contribution in [2.24, 2.45) is 5.92 Å². The molecule has 3 heteroatoms. The number of aliphatic hydroxyl groups is 1. The van der Waals surface area contributed by atoms with E-state index >= 15 is 0 Å². The van der Waals surface area contributed by atoms with Gasteiger partial charge in [0.15, 0.2) is 0 Å². The van der Waals surface area contributed by atoms with Crippen LogP contribution in [0.2, 0.25) is 0 Å². The molecule has 0 heterocycles. The van der Waals surface area contributed by atoms with E-state index in [4.69, 9.17) is 4.74 Å². The number of rotatable bonds is 5. The first-order valence-electron chi connectivity index (χ1n) is 5.99. The quantitative estimate of drug-likeness (QED) is 0.799. The molecule has 0 bridgehead atoms. The minimum absolute atomic E-state index is 0.303. The number of ether oxygens (including phenoxy) is 1. The minimum Gasteiger partial charge on any atom is -0.462 e. The molecule has 0 aliphatic carbocycles. The van der Waals surface area contributed by atoms with Crippen molar-refractivity contribution in [3.63, 3.8) is 0 Å². The van der Waals surface area contributed by atoms with Crippen molar-refractivity contribution in [1.29, 1.82) is 0 Å². The van der Waals surface area contributed by atoms with Crippen molar-refractivity contribution in [3.8, 4) is 0 Å². The van der Waals surface area contributed by atoms with Crippen LogP contribution in [0.4, 0.5) is 0 Å². The molecule has 0 spiro atoms. The molecule has 94 valence electrons. The normalized spacial score (nSPS) is 14.1. The highest BCUT2D eigenvalue weighted by Gasteiger charge is 2.09. The van der Waals surface area contributed by atoms with Gasteiger partial charge >= 0.3 is 5.97 Å². The Morgan fingerprint density at radius 3 is 2.35 bits per heavy atom. The maximum Gasteiger partial charge on any atom is 0.338 e. The van der Waals surface area contributed by atoms with Crippen LogP contribution in [0.15, 0.2) is 24.3 Å². The van der Waals surface area contributed by atoms with E-state index in [1.165, 1.54) is 0 Å². The van der Waals surface area contributed by atoms with Crippen LogP contribution in [0, 0.1) is 5.92 Å². The number of hydrogen-bond acceptors (Lipinski definition) is 3. The minimum atomic E-state index is -0.514. The van der Waals surface area contributed by atoms with E-state index in [0.717, 1.165) is 12.0 Å². The van der Waals surface area contributed by atoms with Crippen molar-refractivity contribution < 1.29 is 14.6 Å². The van der Waals surface area contributed by atoms with Crippen LogP contribution < -0.4 is 0 Å². The van der Waals surface area contributed by atoms with Gasteiger partial charge in [0.2, 0.25) is 0 Å². The fourth-order valence-electron chi connectivity index (χ4n) is 1.32. The van der Waals surface area contributed by atoms with Crippen molar-refractivity contribution in [2.45, 2.75) is 33.3 Å². The van der Waals surface area contributed by atoms with E-state index in [9.17, 15) is 9.90 Å². The average molecular weight is 236 g/mol. The second kappa shape index (κ2) is 6.40. The lowest BCUT2D eigenvalue weighted by Gasteiger charge is -2.10. The molecule has 0 aliphatic heterocycles. The van der Waals surface area contributed by atoms with Gasteiger partial charge in [0.1, 0.15) is 0 Å². The second-order valence-electron chi connectivity index (χ2n) is 4.41. The first-order chi connectivity index (χ1) is 8.04. The summed E-state index contributed by atoms with van der Waals surface area (Å²) in [5.74, 6) is 0.0816. The molecule has 1 rings (SSSR count). The highest BCUT2D eigenvalue weighted by Crippen LogP contribution is 2.13. The number of carbonyl (C=O) groups excluding carboxylic acids is 1. The molecule has 1 N–H and O–H groups in total. The van der Waals surface area contributed by atoms with Crippen molar-refractivity contribution in [1.82, 2.24) is 0 Å². The Labute approximate surface area is 102 Å². The predicted octanol–water partition coefficient (Wildman–Crippen LogP) is 2.94. The summed E-state index contributed by atoms with van der Waals surface area (Å²) in [4.78, 5) is 11.7.